The van der Waals surface area contributed by atoms with Gasteiger partial charge in [0.1, 0.15) is 6.61 Å². The molecule has 3 aromatic rings. The minimum absolute atomic E-state index is 0.0968. The van der Waals surface area contributed by atoms with Gasteiger partial charge in [-0.25, -0.2) is 0 Å². The predicted octanol–water partition coefficient (Wildman–Crippen LogP) is 5.83. The lowest BCUT2D eigenvalue weighted by atomic mass is 10.2. The number of para-hydroxylation sites is 3. The van der Waals surface area contributed by atoms with Gasteiger partial charge in [-0.15, -0.1) is 0 Å². The molecule has 3 aromatic carbocycles. The molecule has 0 aromatic heterocycles. The predicted molar refractivity (Wildman–Crippen MR) is 162 cm³/mol. The average Bonchev–Trinajstić information content (AvgIpc) is 3.20. The Balaban J connectivity index is 1.42. The van der Waals surface area contributed by atoms with Crippen molar-refractivity contribution in [1.82, 2.24) is 4.90 Å². The number of halogens is 1. The van der Waals surface area contributed by atoms with Crippen molar-refractivity contribution >= 4 is 63.2 Å². The summed E-state index contributed by atoms with van der Waals surface area (Å²) >= 11 is 2.96. The maximum absolute atomic E-state index is 13.0. The van der Waals surface area contributed by atoms with Gasteiger partial charge in [0.2, 0.25) is 0 Å². The third-order valence-corrected chi connectivity index (χ3v) is 7.26. The van der Waals surface area contributed by atoms with Gasteiger partial charge in [0, 0.05) is 5.69 Å². The Morgan fingerprint density at radius 3 is 2.42 bits per heavy atom. The van der Waals surface area contributed by atoms with Crippen LogP contribution >= 0.6 is 34.4 Å². The summed E-state index contributed by atoms with van der Waals surface area (Å²) in [4.78, 5) is 39.4. The number of hydrogen-bond donors (Lipinski definition) is 1. The molecular weight excluding hydrogens is 647 g/mol. The van der Waals surface area contributed by atoms with Crippen molar-refractivity contribution in [3.63, 3.8) is 0 Å². The highest BCUT2D eigenvalue weighted by Crippen LogP contribution is 2.37. The Kier molecular flexibility index (Phi) is 10.3. The molecule has 40 heavy (non-hydrogen) atoms. The van der Waals surface area contributed by atoms with Crippen molar-refractivity contribution in [2.24, 2.45) is 0 Å². The molecule has 1 aliphatic rings. The molecule has 11 heteroatoms. The minimum Gasteiger partial charge on any atom is -0.493 e. The molecule has 9 nitrogen and oxygen atoms in total. The molecular formula is C29H27IN2O7S. The van der Waals surface area contributed by atoms with Gasteiger partial charge in [-0.2, -0.15) is 0 Å². The first kappa shape index (κ1) is 29.3. The molecule has 0 atom stereocenters. The van der Waals surface area contributed by atoms with Gasteiger partial charge >= 0.3 is 0 Å². The number of anilines is 1. The van der Waals surface area contributed by atoms with Crippen molar-refractivity contribution in [3.8, 4) is 23.0 Å². The van der Waals surface area contributed by atoms with Crippen LogP contribution in [0.25, 0.3) is 6.08 Å². The molecule has 0 spiro atoms. The Labute approximate surface area is 249 Å². The van der Waals surface area contributed by atoms with Gasteiger partial charge in [0.15, 0.2) is 29.6 Å². The molecule has 0 bridgehead atoms. The van der Waals surface area contributed by atoms with E-state index in [1.807, 2.05) is 37.3 Å². The zero-order chi connectivity index (χ0) is 28.5. The number of carbonyl (C=O) groups is 3. The van der Waals surface area contributed by atoms with E-state index >= 15 is 0 Å². The maximum Gasteiger partial charge on any atom is 0.293 e. The first-order chi connectivity index (χ1) is 19.4. The van der Waals surface area contributed by atoms with Crippen LogP contribution in [0, 0.1) is 3.57 Å². The van der Waals surface area contributed by atoms with Gasteiger partial charge in [-0.1, -0.05) is 30.3 Å². The molecule has 3 amide bonds. The minimum atomic E-state index is -0.399. The number of nitrogens with zero attached hydrogens (tertiary/aromatic N) is 1. The summed E-state index contributed by atoms with van der Waals surface area (Å²) < 4.78 is 23.3. The van der Waals surface area contributed by atoms with Crippen LogP contribution in [0.1, 0.15) is 12.5 Å². The molecule has 1 saturated heterocycles. The van der Waals surface area contributed by atoms with Crippen LogP contribution in [-0.2, 0) is 9.59 Å². The lowest BCUT2D eigenvalue weighted by Crippen LogP contribution is -2.32. The first-order valence-electron chi connectivity index (χ1n) is 12.3. The van der Waals surface area contributed by atoms with E-state index in [0.717, 1.165) is 16.7 Å². The molecule has 1 N–H and O–H groups in total. The van der Waals surface area contributed by atoms with E-state index in [1.165, 1.54) is 0 Å². The van der Waals surface area contributed by atoms with E-state index in [0.29, 0.717) is 44.4 Å². The Morgan fingerprint density at radius 2 is 1.70 bits per heavy atom. The summed E-state index contributed by atoms with van der Waals surface area (Å²) in [5.41, 5.74) is 1.33. The van der Waals surface area contributed by atoms with Gasteiger partial charge < -0.3 is 24.3 Å². The summed E-state index contributed by atoms with van der Waals surface area (Å²) in [5, 5.41) is 2.41. The topological polar surface area (TPSA) is 103 Å². The third-order valence-electron chi connectivity index (χ3n) is 5.55. The summed E-state index contributed by atoms with van der Waals surface area (Å²) in [6, 6.07) is 19.8. The fourth-order valence-corrected chi connectivity index (χ4v) is 5.41. The van der Waals surface area contributed by atoms with Gasteiger partial charge in [0.05, 0.1) is 28.7 Å². The number of hydrogen-bond acceptors (Lipinski definition) is 8. The van der Waals surface area contributed by atoms with E-state index in [9.17, 15) is 14.4 Å². The smallest absolute Gasteiger partial charge is 0.293 e. The van der Waals surface area contributed by atoms with Crippen LogP contribution in [0.2, 0.25) is 0 Å². The van der Waals surface area contributed by atoms with Crippen molar-refractivity contribution < 1.29 is 33.3 Å². The zero-order valence-electron chi connectivity index (χ0n) is 21.8. The molecule has 208 valence electrons. The van der Waals surface area contributed by atoms with Crippen LogP contribution in [0.4, 0.5) is 10.5 Å². The number of carbonyl (C=O) groups excluding carboxylic acids is 3. The number of rotatable bonds is 12. The molecule has 0 saturated carbocycles. The molecule has 4 rings (SSSR count). The molecule has 0 aliphatic carbocycles. The quantitative estimate of drug-likeness (QED) is 0.189. The summed E-state index contributed by atoms with van der Waals surface area (Å²) in [6.07, 6.45) is 1.64. The largest absolute Gasteiger partial charge is 0.493 e. The van der Waals surface area contributed by atoms with E-state index < -0.39 is 5.91 Å². The summed E-state index contributed by atoms with van der Waals surface area (Å²) in [7, 11) is 1.54. The highest BCUT2D eigenvalue weighted by atomic mass is 127. The van der Waals surface area contributed by atoms with E-state index in [4.69, 9.17) is 18.9 Å². The zero-order valence-corrected chi connectivity index (χ0v) is 24.8. The monoisotopic (exact) mass is 674 g/mol. The van der Waals surface area contributed by atoms with Gasteiger partial charge in [-0.05, 0) is 89.3 Å². The van der Waals surface area contributed by atoms with Crippen LogP contribution < -0.4 is 24.3 Å². The average molecular weight is 675 g/mol. The van der Waals surface area contributed by atoms with Crippen molar-refractivity contribution in [1.29, 1.82) is 0 Å². The molecule has 1 aliphatic heterocycles. The third kappa shape index (κ3) is 7.48. The normalized spacial score (nSPS) is 13.9. The fraction of sp³-hybridized carbons (Fsp3) is 0.207. The van der Waals surface area contributed by atoms with Crippen molar-refractivity contribution in [2.75, 3.05) is 38.8 Å². The number of methoxy groups -OCH3 is 1. The fourth-order valence-electron chi connectivity index (χ4n) is 3.76. The highest BCUT2D eigenvalue weighted by molar-refractivity contribution is 14.1. The second kappa shape index (κ2) is 14.1. The molecule has 1 heterocycles. The second-order valence-electron chi connectivity index (χ2n) is 8.30. The van der Waals surface area contributed by atoms with Crippen LogP contribution in [-0.4, -0.2) is 55.4 Å². The van der Waals surface area contributed by atoms with Crippen LogP contribution in [0.15, 0.2) is 71.6 Å². The Bertz CT molecular complexity index is 1410. The highest BCUT2D eigenvalue weighted by Gasteiger charge is 2.35. The number of nitrogens with one attached hydrogen (secondary N) is 1. The molecule has 0 unspecified atom stereocenters. The van der Waals surface area contributed by atoms with Crippen LogP contribution in [0.5, 0.6) is 23.0 Å². The molecule has 0 radical (unpaired) electrons. The van der Waals surface area contributed by atoms with Gasteiger partial charge in [-0.3, -0.25) is 19.3 Å². The van der Waals surface area contributed by atoms with Crippen molar-refractivity contribution in [2.45, 2.75) is 6.92 Å². The first-order valence-corrected chi connectivity index (χ1v) is 14.2. The Morgan fingerprint density at radius 1 is 0.975 bits per heavy atom. The number of imide groups is 1. The number of benzene rings is 3. The maximum atomic E-state index is 13.0. The van der Waals surface area contributed by atoms with Crippen LogP contribution in [0.3, 0.4) is 0 Å². The van der Waals surface area contributed by atoms with Crippen molar-refractivity contribution in [3.05, 3.63) is 80.8 Å². The summed E-state index contributed by atoms with van der Waals surface area (Å²) in [6.45, 7) is 2.22. The molecule has 1 fully saturated rings. The van der Waals surface area contributed by atoms with Gasteiger partial charge in [0.25, 0.3) is 17.1 Å². The van der Waals surface area contributed by atoms with E-state index in [-0.39, 0.29) is 35.8 Å². The lowest BCUT2D eigenvalue weighted by Gasteiger charge is -2.15. The SMILES string of the molecule is CCOc1cc(/C=C2\SC(=O)N(CCOc3ccccc3OC)C2=O)cc(I)c1OCC(=O)Nc1ccccc1. The summed E-state index contributed by atoms with van der Waals surface area (Å²) in [5.74, 6) is 1.24. The number of thioether (sulfide) groups is 1. The second-order valence-corrected chi connectivity index (χ2v) is 10.5. The lowest BCUT2D eigenvalue weighted by molar-refractivity contribution is -0.123. The Hall–Kier alpha value is -3.71. The van der Waals surface area contributed by atoms with E-state index in [2.05, 4.69) is 27.9 Å². The standard InChI is InChI=1S/C29H27IN2O7S/c1-3-37-24-16-19(15-21(30)27(24)39-18-26(33)31-20-9-5-4-6-10-20)17-25-28(34)32(29(35)40-25)13-14-38-23-12-8-7-11-22(23)36-2/h4-12,15-17H,3,13-14,18H2,1-2H3,(H,31,33)/b25-17-. The number of amides is 3. The number of ether oxygens (including phenoxy) is 4. The van der Waals surface area contributed by atoms with E-state index in [1.54, 1.807) is 49.6 Å².